The lowest BCUT2D eigenvalue weighted by molar-refractivity contribution is 0.555. The summed E-state index contributed by atoms with van der Waals surface area (Å²) in [6, 6.07) is 6.54. The predicted octanol–water partition coefficient (Wildman–Crippen LogP) is 1.28. The second-order valence-electron chi connectivity index (χ2n) is 4.82. The molecule has 2 aromatic rings. The third kappa shape index (κ3) is 4.07. The molecule has 0 bridgehead atoms. The van der Waals surface area contributed by atoms with E-state index in [9.17, 15) is 8.42 Å². The van der Waals surface area contributed by atoms with Gasteiger partial charge in [0.25, 0.3) is 0 Å². The first-order valence-electron chi connectivity index (χ1n) is 6.50. The average molecular weight is 306 g/mol. The summed E-state index contributed by atoms with van der Waals surface area (Å²) in [7, 11) is -3.64. The molecule has 0 spiro atoms. The molecule has 1 unspecified atom stereocenters. The van der Waals surface area contributed by atoms with E-state index in [1.807, 2.05) is 13.8 Å². The van der Waals surface area contributed by atoms with Crippen molar-refractivity contribution in [3.8, 4) is 0 Å². The topological polar surface area (TPSA) is 98.0 Å². The zero-order valence-electron chi connectivity index (χ0n) is 11.9. The van der Waals surface area contributed by atoms with E-state index in [-0.39, 0.29) is 10.9 Å². The zero-order valence-corrected chi connectivity index (χ0v) is 12.8. The summed E-state index contributed by atoms with van der Waals surface area (Å²) in [6.45, 7) is 4.53. The third-order valence-corrected chi connectivity index (χ3v) is 4.12. The van der Waals surface area contributed by atoms with Crippen molar-refractivity contribution in [3.05, 3.63) is 53.6 Å². The van der Waals surface area contributed by atoms with E-state index in [0.717, 1.165) is 17.0 Å². The second kappa shape index (κ2) is 6.30. The zero-order chi connectivity index (χ0) is 15.5. The van der Waals surface area contributed by atoms with Gasteiger partial charge in [-0.05, 0) is 31.5 Å². The summed E-state index contributed by atoms with van der Waals surface area (Å²) in [6.07, 6.45) is 3.33. The first kappa shape index (κ1) is 15.6. The number of benzene rings is 1. The number of primary sulfonamides is 1. The molecule has 0 fully saturated rings. The minimum atomic E-state index is -3.64. The van der Waals surface area contributed by atoms with Gasteiger partial charge in [-0.25, -0.2) is 13.6 Å². The van der Waals surface area contributed by atoms with Gasteiger partial charge in [0.1, 0.15) is 0 Å². The molecule has 0 aliphatic rings. The van der Waals surface area contributed by atoms with Crippen molar-refractivity contribution in [2.75, 3.05) is 0 Å². The van der Waals surface area contributed by atoms with Crippen LogP contribution in [0.4, 0.5) is 0 Å². The molecule has 1 aromatic carbocycles. The van der Waals surface area contributed by atoms with Gasteiger partial charge in [-0.1, -0.05) is 12.1 Å². The standard InChI is InChI=1S/C14H18N4O2S/c1-10-14(17-8-7-16-10)11(2)18-9-12-3-5-13(6-4-12)21(15,19)20/h3-8,11,18H,9H2,1-2H3,(H2,15,19,20). The van der Waals surface area contributed by atoms with Crippen LogP contribution < -0.4 is 10.5 Å². The summed E-state index contributed by atoms with van der Waals surface area (Å²) in [5.41, 5.74) is 2.76. The first-order chi connectivity index (χ1) is 9.88. The molecule has 3 N–H and O–H groups in total. The maximum Gasteiger partial charge on any atom is 0.238 e. The number of hydrogen-bond donors (Lipinski definition) is 2. The van der Waals surface area contributed by atoms with Crippen molar-refractivity contribution in [3.63, 3.8) is 0 Å². The molecule has 0 aliphatic carbocycles. The highest BCUT2D eigenvalue weighted by Crippen LogP contribution is 2.14. The van der Waals surface area contributed by atoms with Crippen LogP contribution >= 0.6 is 0 Å². The summed E-state index contributed by atoms with van der Waals surface area (Å²) in [5, 5.41) is 8.39. The second-order valence-corrected chi connectivity index (χ2v) is 6.38. The van der Waals surface area contributed by atoms with Crippen molar-refractivity contribution in [1.82, 2.24) is 15.3 Å². The lowest BCUT2D eigenvalue weighted by Gasteiger charge is -2.14. The van der Waals surface area contributed by atoms with Crippen molar-refractivity contribution >= 4 is 10.0 Å². The van der Waals surface area contributed by atoms with Crippen LogP contribution in [0, 0.1) is 6.92 Å². The maximum atomic E-state index is 11.2. The molecule has 2 rings (SSSR count). The van der Waals surface area contributed by atoms with Gasteiger partial charge < -0.3 is 5.32 Å². The molecule has 21 heavy (non-hydrogen) atoms. The van der Waals surface area contributed by atoms with Gasteiger partial charge in [0.2, 0.25) is 10.0 Å². The number of nitrogens with zero attached hydrogens (tertiary/aromatic N) is 2. The molecule has 0 saturated heterocycles. The molecule has 1 aromatic heterocycles. The molecule has 6 nitrogen and oxygen atoms in total. The number of sulfonamides is 1. The SMILES string of the molecule is Cc1nccnc1C(C)NCc1ccc(S(N)(=O)=O)cc1. The smallest absolute Gasteiger partial charge is 0.238 e. The quantitative estimate of drug-likeness (QED) is 0.867. The van der Waals surface area contributed by atoms with Gasteiger partial charge in [-0.3, -0.25) is 9.97 Å². The van der Waals surface area contributed by atoms with E-state index in [0.29, 0.717) is 6.54 Å². The first-order valence-corrected chi connectivity index (χ1v) is 8.05. The monoisotopic (exact) mass is 306 g/mol. The Kier molecular flexibility index (Phi) is 4.66. The van der Waals surface area contributed by atoms with Gasteiger partial charge in [0.15, 0.2) is 0 Å². The number of rotatable bonds is 5. The van der Waals surface area contributed by atoms with E-state index in [4.69, 9.17) is 5.14 Å². The van der Waals surface area contributed by atoms with Crippen LogP contribution in [0.15, 0.2) is 41.6 Å². The molecule has 0 radical (unpaired) electrons. The van der Waals surface area contributed by atoms with E-state index in [1.54, 1.807) is 24.5 Å². The van der Waals surface area contributed by atoms with Crippen LogP contribution in [0.2, 0.25) is 0 Å². The number of hydrogen-bond acceptors (Lipinski definition) is 5. The van der Waals surface area contributed by atoms with Crippen LogP contribution in [0.25, 0.3) is 0 Å². The molecule has 0 aliphatic heterocycles. The Balaban J connectivity index is 2.02. The third-order valence-electron chi connectivity index (χ3n) is 3.19. The fourth-order valence-corrected chi connectivity index (χ4v) is 2.52. The lowest BCUT2D eigenvalue weighted by atomic mass is 10.1. The number of nitrogens with one attached hydrogen (secondary N) is 1. The van der Waals surface area contributed by atoms with Crippen molar-refractivity contribution in [1.29, 1.82) is 0 Å². The van der Waals surface area contributed by atoms with Gasteiger partial charge >= 0.3 is 0 Å². The van der Waals surface area contributed by atoms with Crippen LogP contribution in [0.1, 0.15) is 29.9 Å². The van der Waals surface area contributed by atoms with Gasteiger partial charge in [-0.15, -0.1) is 0 Å². The molecule has 1 heterocycles. The molecule has 1 atom stereocenters. The largest absolute Gasteiger partial charge is 0.305 e. The highest BCUT2D eigenvalue weighted by molar-refractivity contribution is 7.89. The van der Waals surface area contributed by atoms with Gasteiger partial charge in [0, 0.05) is 25.0 Å². The van der Waals surface area contributed by atoms with Crippen LogP contribution in [0.3, 0.4) is 0 Å². The molecule has 0 amide bonds. The van der Waals surface area contributed by atoms with Crippen LogP contribution in [-0.2, 0) is 16.6 Å². The van der Waals surface area contributed by atoms with Crippen molar-refractivity contribution in [2.24, 2.45) is 5.14 Å². The molecule has 112 valence electrons. The fraction of sp³-hybridized carbons (Fsp3) is 0.286. The number of aryl methyl sites for hydroxylation is 1. The van der Waals surface area contributed by atoms with E-state index in [1.165, 1.54) is 12.1 Å². The summed E-state index contributed by atoms with van der Waals surface area (Å²) in [5.74, 6) is 0. The summed E-state index contributed by atoms with van der Waals surface area (Å²) < 4.78 is 22.4. The minimum absolute atomic E-state index is 0.0524. The van der Waals surface area contributed by atoms with Gasteiger partial charge in [0.05, 0.1) is 16.3 Å². The van der Waals surface area contributed by atoms with Crippen molar-refractivity contribution < 1.29 is 8.42 Å². The fourth-order valence-electron chi connectivity index (χ4n) is 2.01. The Morgan fingerprint density at radius 1 is 1.19 bits per heavy atom. The molecular formula is C14H18N4O2S. The van der Waals surface area contributed by atoms with Crippen LogP contribution in [-0.4, -0.2) is 18.4 Å². The Bertz CT molecular complexity index is 714. The lowest BCUT2D eigenvalue weighted by Crippen LogP contribution is -2.20. The molecule has 7 heteroatoms. The predicted molar refractivity (Wildman–Crippen MR) is 79.8 cm³/mol. The van der Waals surface area contributed by atoms with E-state index in [2.05, 4.69) is 15.3 Å². The normalized spacial score (nSPS) is 13.1. The highest BCUT2D eigenvalue weighted by Gasteiger charge is 2.10. The highest BCUT2D eigenvalue weighted by atomic mass is 32.2. The Morgan fingerprint density at radius 3 is 2.38 bits per heavy atom. The molecule has 0 saturated carbocycles. The number of aromatic nitrogens is 2. The summed E-state index contributed by atoms with van der Waals surface area (Å²) in [4.78, 5) is 8.64. The Labute approximate surface area is 124 Å². The van der Waals surface area contributed by atoms with E-state index >= 15 is 0 Å². The Hall–Kier alpha value is -1.83. The van der Waals surface area contributed by atoms with Gasteiger partial charge in [-0.2, -0.15) is 0 Å². The maximum absolute atomic E-state index is 11.2. The van der Waals surface area contributed by atoms with E-state index < -0.39 is 10.0 Å². The van der Waals surface area contributed by atoms with Crippen molar-refractivity contribution in [2.45, 2.75) is 31.3 Å². The molecular weight excluding hydrogens is 288 g/mol. The average Bonchev–Trinajstić information content (AvgIpc) is 2.45. The minimum Gasteiger partial charge on any atom is -0.305 e. The summed E-state index contributed by atoms with van der Waals surface area (Å²) >= 11 is 0. The Morgan fingerprint density at radius 2 is 1.81 bits per heavy atom. The number of nitrogens with two attached hydrogens (primary N) is 1. The van der Waals surface area contributed by atoms with Crippen LogP contribution in [0.5, 0.6) is 0 Å².